The fourth-order valence-electron chi connectivity index (χ4n) is 1.27. The number of methoxy groups -OCH3 is 1. The van der Waals surface area contributed by atoms with E-state index >= 15 is 0 Å². The standard InChI is InChI=1S/C9H22N2O2/c1-4-8(10)9(7-12)11(2)5-6-13-3/h8-9,12H,4-7,10H2,1-3H3. The molecule has 4 nitrogen and oxygen atoms in total. The van der Waals surface area contributed by atoms with Crippen molar-refractivity contribution >= 4 is 0 Å². The molecule has 0 saturated heterocycles. The van der Waals surface area contributed by atoms with E-state index in [2.05, 4.69) is 0 Å². The van der Waals surface area contributed by atoms with E-state index in [9.17, 15) is 0 Å². The van der Waals surface area contributed by atoms with Crippen LogP contribution in [0.2, 0.25) is 0 Å². The van der Waals surface area contributed by atoms with Gasteiger partial charge in [0.2, 0.25) is 0 Å². The molecule has 0 fully saturated rings. The highest BCUT2D eigenvalue weighted by Gasteiger charge is 2.19. The lowest BCUT2D eigenvalue weighted by Crippen LogP contribution is -2.49. The minimum atomic E-state index is 0.0341. The van der Waals surface area contributed by atoms with Crippen LogP contribution in [0.25, 0.3) is 0 Å². The molecule has 0 aromatic rings. The number of likely N-dealkylation sites (N-methyl/N-ethyl adjacent to an activating group) is 1. The highest BCUT2D eigenvalue weighted by atomic mass is 16.5. The van der Waals surface area contributed by atoms with E-state index in [1.165, 1.54) is 0 Å². The van der Waals surface area contributed by atoms with Crippen LogP contribution in [-0.4, -0.2) is 56.0 Å². The van der Waals surface area contributed by atoms with E-state index in [0.717, 1.165) is 13.0 Å². The summed E-state index contributed by atoms with van der Waals surface area (Å²) < 4.78 is 4.96. The number of nitrogens with two attached hydrogens (primary N) is 1. The number of rotatable bonds is 7. The maximum Gasteiger partial charge on any atom is 0.0601 e. The summed E-state index contributed by atoms with van der Waals surface area (Å²) in [5.41, 5.74) is 5.86. The van der Waals surface area contributed by atoms with Crippen molar-refractivity contribution < 1.29 is 9.84 Å². The Morgan fingerprint density at radius 2 is 2.15 bits per heavy atom. The molecule has 2 atom stereocenters. The van der Waals surface area contributed by atoms with Gasteiger partial charge in [-0.1, -0.05) is 6.92 Å². The smallest absolute Gasteiger partial charge is 0.0601 e. The first-order chi connectivity index (χ1) is 6.17. The van der Waals surface area contributed by atoms with E-state index in [4.69, 9.17) is 15.6 Å². The average molecular weight is 190 g/mol. The third kappa shape index (κ3) is 4.57. The van der Waals surface area contributed by atoms with Gasteiger partial charge < -0.3 is 15.6 Å². The third-order valence-corrected chi connectivity index (χ3v) is 2.37. The Morgan fingerprint density at radius 1 is 1.54 bits per heavy atom. The fraction of sp³-hybridized carbons (Fsp3) is 1.00. The maximum atomic E-state index is 9.13. The van der Waals surface area contributed by atoms with Gasteiger partial charge in [-0.25, -0.2) is 0 Å². The van der Waals surface area contributed by atoms with Gasteiger partial charge in [0, 0.05) is 25.7 Å². The first-order valence-corrected chi connectivity index (χ1v) is 4.73. The predicted octanol–water partition coefficient (Wildman–Crippen LogP) is -0.337. The molecule has 0 rings (SSSR count). The molecule has 13 heavy (non-hydrogen) atoms. The fourth-order valence-corrected chi connectivity index (χ4v) is 1.27. The van der Waals surface area contributed by atoms with Crippen molar-refractivity contribution in [1.29, 1.82) is 0 Å². The SMILES string of the molecule is CCC(N)C(CO)N(C)CCOC. The summed E-state index contributed by atoms with van der Waals surface area (Å²) in [6.07, 6.45) is 0.878. The van der Waals surface area contributed by atoms with Crippen LogP contribution in [-0.2, 0) is 4.74 Å². The second-order valence-electron chi connectivity index (χ2n) is 3.30. The van der Waals surface area contributed by atoms with Gasteiger partial charge in [-0.3, -0.25) is 4.90 Å². The summed E-state index contributed by atoms with van der Waals surface area (Å²) in [4.78, 5) is 2.04. The van der Waals surface area contributed by atoms with Crippen LogP contribution >= 0.6 is 0 Å². The number of aliphatic hydroxyl groups excluding tert-OH is 1. The zero-order valence-electron chi connectivity index (χ0n) is 8.86. The molecule has 0 aliphatic heterocycles. The zero-order chi connectivity index (χ0) is 10.3. The first-order valence-electron chi connectivity index (χ1n) is 4.73. The van der Waals surface area contributed by atoms with Gasteiger partial charge in [0.1, 0.15) is 0 Å². The molecule has 0 spiro atoms. The van der Waals surface area contributed by atoms with E-state index in [1.807, 2.05) is 18.9 Å². The molecule has 0 aromatic heterocycles. The molecule has 0 amide bonds. The van der Waals surface area contributed by atoms with Gasteiger partial charge in [0.15, 0.2) is 0 Å². The summed E-state index contributed by atoms with van der Waals surface area (Å²) in [5, 5.41) is 9.13. The van der Waals surface area contributed by atoms with Crippen molar-refractivity contribution in [3.63, 3.8) is 0 Å². The number of nitrogens with zero attached hydrogens (tertiary/aromatic N) is 1. The van der Waals surface area contributed by atoms with Gasteiger partial charge in [-0.15, -0.1) is 0 Å². The van der Waals surface area contributed by atoms with Crippen LogP contribution in [0.3, 0.4) is 0 Å². The molecule has 0 heterocycles. The Hall–Kier alpha value is -0.160. The Kier molecular flexibility index (Phi) is 7.17. The first kappa shape index (κ1) is 12.8. The van der Waals surface area contributed by atoms with E-state index in [0.29, 0.717) is 6.61 Å². The van der Waals surface area contributed by atoms with Crippen molar-refractivity contribution in [2.24, 2.45) is 5.73 Å². The van der Waals surface area contributed by atoms with Crippen LogP contribution in [0.1, 0.15) is 13.3 Å². The molecule has 0 bridgehead atoms. The van der Waals surface area contributed by atoms with Gasteiger partial charge in [-0.2, -0.15) is 0 Å². The lowest BCUT2D eigenvalue weighted by molar-refractivity contribution is 0.0922. The Bertz CT molecular complexity index is 122. The molecule has 0 radical (unpaired) electrons. The van der Waals surface area contributed by atoms with Crippen molar-refractivity contribution in [3.8, 4) is 0 Å². The van der Waals surface area contributed by atoms with E-state index in [1.54, 1.807) is 7.11 Å². The number of ether oxygens (including phenoxy) is 1. The van der Waals surface area contributed by atoms with Gasteiger partial charge in [0.25, 0.3) is 0 Å². The molecule has 0 aromatic carbocycles. The largest absolute Gasteiger partial charge is 0.395 e. The molecule has 3 N–H and O–H groups in total. The topological polar surface area (TPSA) is 58.7 Å². The van der Waals surface area contributed by atoms with Crippen LogP contribution in [0.5, 0.6) is 0 Å². The summed E-state index contributed by atoms with van der Waals surface area (Å²) in [6.45, 7) is 3.60. The Morgan fingerprint density at radius 3 is 2.54 bits per heavy atom. The Balaban J connectivity index is 3.90. The number of hydrogen-bond donors (Lipinski definition) is 2. The minimum Gasteiger partial charge on any atom is -0.395 e. The van der Waals surface area contributed by atoms with Gasteiger partial charge in [-0.05, 0) is 13.5 Å². The van der Waals surface area contributed by atoms with Gasteiger partial charge >= 0.3 is 0 Å². The summed E-state index contributed by atoms with van der Waals surface area (Å²) >= 11 is 0. The van der Waals surface area contributed by atoms with E-state index in [-0.39, 0.29) is 18.7 Å². The van der Waals surface area contributed by atoms with E-state index < -0.39 is 0 Å². The average Bonchev–Trinajstić information content (AvgIpc) is 2.15. The van der Waals surface area contributed by atoms with Crippen LogP contribution < -0.4 is 5.73 Å². The summed E-state index contributed by atoms with van der Waals surface area (Å²) in [7, 11) is 3.62. The van der Waals surface area contributed by atoms with Gasteiger partial charge in [0.05, 0.1) is 13.2 Å². The highest BCUT2D eigenvalue weighted by Crippen LogP contribution is 2.02. The van der Waals surface area contributed by atoms with Crippen molar-refractivity contribution in [2.75, 3.05) is 33.9 Å². The second-order valence-corrected chi connectivity index (χ2v) is 3.30. The molecule has 80 valence electrons. The molecule has 0 aliphatic carbocycles. The zero-order valence-corrected chi connectivity index (χ0v) is 8.86. The van der Waals surface area contributed by atoms with Crippen molar-refractivity contribution in [2.45, 2.75) is 25.4 Å². The normalized spacial score (nSPS) is 16.2. The van der Waals surface area contributed by atoms with Crippen LogP contribution in [0, 0.1) is 0 Å². The predicted molar refractivity (Wildman–Crippen MR) is 53.6 cm³/mol. The van der Waals surface area contributed by atoms with Crippen LogP contribution in [0.15, 0.2) is 0 Å². The maximum absolute atomic E-state index is 9.13. The molecular formula is C9H22N2O2. The second kappa shape index (κ2) is 7.26. The number of aliphatic hydroxyl groups is 1. The molecule has 0 saturated carbocycles. The molecule has 2 unspecified atom stereocenters. The molecule has 4 heteroatoms. The van der Waals surface area contributed by atoms with Crippen LogP contribution in [0.4, 0.5) is 0 Å². The van der Waals surface area contributed by atoms with Crippen molar-refractivity contribution in [1.82, 2.24) is 4.90 Å². The Labute approximate surface area is 80.7 Å². The highest BCUT2D eigenvalue weighted by molar-refractivity contribution is 4.78. The lowest BCUT2D eigenvalue weighted by atomic mass is 10.1. The molecular weight excluding hydrogens is 168 g/mol. The quantitative estimate of drug-likeness (QED) is 0.577. The third-order valence-electron chi connectivity index (χ3n) is 2.37. The lowest BCUT2D eigenvalue weighted by Gasteiger charge is -2.30. The monoisotopic (exact) mass is 190 g/mol. The summed E-state index contributed by atoms with van der Waals surface area (Å²) in [5.74, 6) is 0. The van der Waals surface area contributed by atoms with Crippen molar-refractivity contribution in [3.05, 3.63) is 0 Å². The number of hydrogen-bond acceptors (Lipinski definition) is 4. The minimum absolute atomic E-state index is 0.0341. The molecule has 0 aliphatic rings. The summed E-state index contributed by atoms with van der Waals surface area (Å²) in [6, 6.07) is 0.0759.